The molecule has 2 N–H and O–H groups in total. The van der Waals surface area contributed by atoms with E-state index in [0.717, 1.165) is 5.56 Å². The van der Waals surface area contributed by atoms with Crippen molar-refractivity contribution in [1.82, 2.24) is 5.32 Å². The fraction of sp³-hybridized carbons (Fsp3) is 0.462. The Morgan fingerprint density at radius 1 is 1.44 bits per heavy atom. The van der Waals surface area contributed by atoms with Crippen LogP contribution in [0.4, 0.5) is 0 Å². The standard InChI is InChI=1S/C13H16N2O/c1-10-12(11-5-3-2-4-6-11)15-8-7-13(10,16)9-14/h2-6,10,12,15-16H,7-8H2,1H3. The molecular formula is C13H16N2O. The largest absolute Gasteiger partial charge is 0.375 e. The van der Waals surface area contributed by atoms with Crippen molar-refractivity contribution in [3.8, 4) is 6.07 Å². The number of rotatable bonds is 1. The van der Waals surface area contributed by atoms with Crippen molar-refractivity contribution >= 4 is 0 Å². The Balaban J connectivity index is 2.27. The molecule has 16 heavy (non-hydrogen) atoms. The molecule has 84 valence electrons. The first-order chi connectivity index (χ1) is 7.67. The first-order valence-electron chi connectivity index (χ1n) is 5.59. The minimum absolute atomic E-state index is 0.0552. The molecule has 0 aliphatic carbocycles. The predicted molar refractivity (Wildman–Crippen MR) is 61.5 cm³/mol. The number of nitriles is 1. The van der Waals surface area contributed by atoms with Gasteiger partial charge in [0.05, 0.1) is 6.07 Å². The Morgan fingerprint density at radius 3 is 2.75 bits per heavy atom. The molecule has 0 saturated carbocycles. The second kappa shape index (κ2) is 4.25. The molecule has 0 amide bonds. The maximum absolute atomic E-state index is 10.2. The van der Waals surface area contributed by atoms with Crippen molar-refractivity contribution in [3.05, 3.63) is 35.9 Å². The summed E-state index contributed by atoms with van der Waals surface area (Å²) in [5.74, 6) is -0.103. The average molecular weight is 216 g/mol. The highest BCUT2D eigenvalue weighted by molar-refractivity contribution is 5.23. The summed E-state index contributed by atoms with van der Waals surface area (Å²) in [4.78, 5) is 0. The summed E-state index contributed by atoms with van der Waals surface area (Å²) in [6.07, 6.45) is 0.494. The Bertz CT molecular complexity index is 398. The third-order valence-electron chi connectivity index (χ3n) is 3.48. The van der Waals surface area contributed by atoms with Crippen LogP contribution in [0.25, 0.3) is 0 Å². The molecule has 3 heteroatoms. The van der Waals surface area contributed by atoms with E-state index >= 15 is 0 Å². The molecule has 1 aromatic carbocycles. The second-order valence-corrected chi connectivity index (χ2v) is 4.42. The van der Waals surface area contributed by atoms with Crippen LogP contribution in [0.3, 0.4) is 0 Å². The van der Waals surface area contributed by atoms with Crippen LogP contribution in [0.1, 0.15) is 24.9 Å². The molecule has 1 aliphatic heterocycles. The SMILES string of the molecule is CC1C(c2ccccc2)NCCC1(O)C#N. The van der Waals surface area contributed by atoms with Crippen LogP contribution in [0, 0.1) is 17.2 Å². The van der Waals surface area contributed by atoms with Gasteiger partial charge in [-0.15, -0.1) is 0 Å². The first kappa shape index (κ1) is 11.1. The van der Waals surface area contributed by atoms with Crippen LogP contribution in [-0.4, -0.2) is 17.3 Å². The normalized spacial score (nSPS) is 34.3. The number of benzene rings is 1. The lowest BCUT2D eigenvalue weighted by Crippen LogP contribution is -2.49. The highest BCUT2D eigenvalue weighted by atomic mass is 16.3. The van der Waals surface area contributed by atoms with Crippen LogP contribution < -0.4 is 5.32 Å². The Morgan fingerprint density at radius 2 is 2.12 bits per heavy atom. The monoisotopic (exact) mass is 216 g/mol. The minimum Gasteiger partial charge on any atom is -0.375 e. The van der Waals surface area contributed by atoms with Crippen LogP contribution in [0.15, 0.2) is 30.3 Å². The smallest absolute Gasteiger partial charge is 0.156 e. The third kappa shape index (κ3) is 1.82. The van der Waals surface area contributed by atoms with Gasteiger partial charge < -0.3 is 10.4 Å². The van der Waals surface area contributed by atoms with E-state index in [0.29, 0.717) is 13.0 Å². The molecule has 1 saturated heterocycles. The molecule has 1 fully saturated rings. The van der Waals surface area contributed by atoms with Crippen LogP contribution in [0.2, 0.25) is 0 Å². The molecule has 0 spiro atoms. The molecule has 1 aromatic rings. The highest BCUT2D eigenvalue weighted by Crippen LogP contribution is 2.35. The van der Waals surface area contributed by atoms with Gasteiger partial charge in [-0.1, -0.05) is 37.3 Å². The van der Waals surface area contributed by atoms with Crippen LogP contribution >= 0.6 is 0 Å². The van der Waals surface area contributed by atoms with E-state index in [1.807, 2.05) is 43.3 Å². The second-order valence-electron chi connectivity index (χ2n) is 4.42. The van der Waals surface area contributed by atoms with Crippen molar-refractivity contribution in [1.29, 1.82) is 5.26 Å². The van der Waals surface area contributed by atoms with E-state index in [1.165, 1.54) is 0 Å². The van der Waals surface area contributed by atoms with E-state index in [1.54, 1.807) is 0 Å². The van der Waals surface area contributed by atoms with E-state index in [9.17, 15) is 5.11 Å². The summed E-state index contributed by atoms with van der Waals surface area (Å²) in [5.41, 5.74) is -0.0745. The van der Waals surface area contributed by atoms with Gasteiger partial charge >= 0.3 is 0 Å². The number of nitrogens with zero attached hydrogens (tertiary/aromatic N) is 1. The highest BCUT2D eigenvalue weighted by Gasteiger charge is 2.42. The van der Waals surface area contributed by atoms with Gasteiger partial charge in [0.1, 0.15) is 0 Å². The van der Waals surface area contributed by atoms with E-state index in [-0.39, 0.29) is 12.0 Å². The lowest BCUT2D eigenvalue weighted by molar-refractivity contribution is -0.00372. The van der Waals surface area contributed by atoms with E-state index < -0.39 is 5.60 Å². The topological polar surface area (TPSA) is 56.0 Å². The molecule has 3 unspecified atom stereocenters. The van der Waals surface area contributed by atoms with Gasteiger partial charge in [0.2, 0.25) is 0 Å². The molecule has 0 radical (unpaired) electrons. The molecule has 3 nitrogen and oxygen atoms in total. The maximum Gasteiger partial charge on any atom is 0.156 e. The molecule has 2 rings (SSSR count). The van der Waals surface area contributed by atoms with Gasteiger partial charge in [-0.05, 0) is 12.1 Å². The maximum atomic E-state index is 10.2. The number of piperidine rings is 1. The lowest BCUT2D eigenvalue weighted by Gasteiger charge is -2.39. The van der Waals surface area contributed by atoms with Gasteiger partial charge in [-0.3, -0.25) is 0 Å². The van der Waals surface area contributed by atoms with Crippen LogP contribution in [-0.2, 0) is 0 Å². The molecule has 3 atom stereocenters. The zero-order valence-electron chi connectivity index (χ0n) is 9.35. The summed E-state index contributed by atoms with van der Waals surface area (Å²) in [6.45, 7) is 2.60. The fourth-order valence-corrected chi connectivity index (χ4v) is 2.32. The number of hydrogen-bond donors (Lipinski definition) is 2. The number of hydrogen-bond acceptors (Lipinski definition) is 3. The fourth-order valence-electron chi connectivity index (χ4n) is 2.32. The third-order valence-corrected chi connectivity index (χ3v) is 3.48. The molecule has 0 aromatic heterocycles. The quantitative estimate of drug-likeness (QED) is 0.701. The van der Waals surface area contributed by atoms with E-state index in [4.69, 9.17) is 5.26 Å². The van der Waals surface area contributed by atoms with Gasteiger partial charge in [0, 0.05) is 18.4 Å². The first-order valence-corrected chi connectivity index (χ1v) is 5.59. The van der Waals surface area contributed by atoms with Crippen LogP contribution in [0.5, 0.6) is 0 Å². The predicted octanol–water partition coefficient (Wildman–Crippen LogP) is 1.61. The summed E-state index contributed by atoms with van der Waals surface area (Å²) >= 11 is 0. The van der Waals surface area contributed by atoms with E-state index in [2.05, 4.69) is 5.32 Å². The summed E-state index contributed by atoms with van der Waals surface area (Å²) in [7, 11) is 0. The Hall–Kier alpha value is -1.37. The average Bonchev–Trinajstić information content (AvgIpc) is 2.34. The zero-order chi connectivity index (χ0) is 11.6. The van der Waals surface area contributed by atoms with Crippen molar-refractivity contribution < 1.29 is 5.11 Å². The Labute approximate surface area is 95.7 Å². The molecular weight excluding hydrogens is 200 g/mol. The molecule has 0 bridgehead atoms. The molecule has 1 heterocycles. The van der Waals surface area contributed by atoms with Crippen molar-refractivity contribution in [3.63, 3.8) is 0 Å². The number of aliphatic hydroxyl groups is 1. The zero-order valence-corrected chi connectivity index (χ0v) is 9.35. The van der Waals surface area contributed by atoms with Gasteiger partial charge in [0.25, 0.3) is 0 Å². The summed E-state index contributed by atoms with van der Waals surface area (Å²) in [6, 6.07) is 12.1. The van der Waals surface area contributed by atoms with Crippen molar-refractivity contribution in [2.45, 2.75) is 25.0 Å². The molecule has 1 aliphatic rings. The van der Waals surface area contributed by atoms with Gasteiger partial charge in [-0.2, -0.15) is 5.26 Å². The Kier molecular flexibility index (Phi) is 2.95. The van der Waals surface area contributed by atoms with Gasteiger partial charge in [0.15, 0.2) is 5.60 Å². The van der Waals surface area contributed by atoms with Crippen molar-refractivity contribution in [2.24, 2.45) is 5.92 Å². The minimum atomic E-state index is -1.20. The number of nitrogens with one attached hydrogen (secondary N) is 1. The summed E-state index contributed by atoms with van der Waals surface area (Å²) < 4.78 is 0. The van der Waals surface area contributed by atoms with Gasteiger partial charge in [-0.25, -0.2) is 0 Å². The lowest BCUT2D eigenvalue weighted by atomic mass is 9.76. The summed E-state index contributed by atoms with van der Waals surface area (Å²) in [5, 5.41) is 22.6. The van der Waals surface area contributed by atoms with Crippen molar-refractivity contribution in [2.75, 3.05) is 6.54 Å².